The molecule has 0 saturated heterocycles. The van der Waals surface area contributed by atoms with Gasteiger partial charge in [0.2, 0.25) is 10.0 Å². The third-order valence-corrected chi connectivity index (χ3v) is 4.45. The van der Waals surface area contributed by atoms with Crippen LogP contribution in [-0.2, 0) is 23.1 Å². The van der Waals surface area contributed by atoms with Crippen molar-refractivity contribution in [2.24, 2.45) is 5.73 Å². The Balaban J connectivity index is 2.05. The molecule has 0 saturated carbocycles. The van der Waals surface area contributed by atoms with E-state index in [0.717, 1.165) is 5.56 Å². The molecule has 0 bridgehead atoms. The number of nitrogens with zero attached hydrogens (tertiary/aromatic N) is 2. The molecule has 1 aromatic heterocycles. The quantitative estimate of drug-likeness (QED) is 0.821. The van der Waals surface area contributed by atoms with Crippen molar-refractivity contribution in [3.63, 3.8) is 0 Å². The predicted molar refractivity (Wildman–Crippen MR) is 76.3 cm³/mol. The first kappa shape index (κ1) is 14.7. The minimum absolute atomic E-state index is 0.238. The SMILES string of the molecule is CC(Cn1cccn1)NS(=O)(=O)c1ccc(CN)cc1. The Morgan fingerprint density at radius 1 is 1.35 bits per heavy atom. The van der Waals surface area contributed by atoms with Gasteiger partial charge in [-0.2, -0.15) is 5.10 Å². The molecule has 3 N–H and O–H groups in total. The summed E-state index contributed by atoms with van der Waals surface area (Å²) in [5, 5.41) is 4.05. The number of hydrogen-bond donors (Lipinski definition) is 2. The van der Waals surface area contributed by atoms with Crippen molar-refractivity contribution >= 4 is 10.0 Å². The highest BCUT2D eigenvalue weighted by Crippen LogP contribution is 2.11. The monoisotopic (exact) mass is 294 g/mol. The number of rotatable bonds is 6. The van der Waals surface area contributed by atoms with E-state index in [0.29, 0.717) is 13.1 Å². The lowest BCUT2D eigenvalue weighted by Crippen LogP contribution is -2.35. The van der Waals surface area contributed by atoms with Crippen molar-refractivity contribution in [3.05, 3.63) is 48.3 Å². The molecule has 20 heavy (non-hydrogen) atoms. The van der Waals surface area contributed by atoms with Crippen molar-refractivity contribution in [2.45, 2.75) is 31.0 Å². The summed E-state index contributed by atoms with van der Waals surface area (Å²) in [6.07, 6.45) is 3.45. The molecule has 0 aliphatic heterocycles. The van der Waals surface area contributed by atoms with Gasteiger partial charge in [0.15, 0.2) is 0 Å². The first-order valence-corrected chi connectivity index (χ1v) is 7.78. The van der Waals surface area contributed by atoms with Crippen LogP contribution >= 0.6 is 0 Å². The van der Waals surface area contributed by atoms with Gasteiger partial charge in [-0.1, -0.05) is 12.1 Å². The van der Waals surface area contributed by atoms with E-state index in [1.165, 1.54) is 0 Å². The van der Waals surface area contributed by atoms with Gasteiger partial charge in [-0.25, -0.2) is 13.1 Å². The molecule has 2 rings (SSSR count). The fourth-order valence-electron chi connectivity index (χ4n) is 1.86. The second kappa shape index (κ2) is 6.17. The molecule has 2 aromatic rings. The molecule has 1 atom stereocenters. The average molecular weight is 294 g/mol. The number of sulfonamides is 1. The van der Waals surface area contributed by atoms with Gasteiger partial charge in [0.1, 0.15) is 0 Å². The number of aromatic nitrogens is 2. The van der Waals surface area contributed by atoms with Crippen molar-refractivity contribution in [1.29, 1.82) is 0 Å². The van der Waals surface area contributed by atoms with Gasteiger partial charge in [0, 0.05) is 25.0 Å². The van der Waals surface area contributed by atoms with E-state index in [-0.39, 0.29) is 10.9 Å². The number of benzene rings is 1. The fraction of sp³-hybridized carbons (Fsp3) is 0.308. The van der Waals surface area contributed by atoms with Crippen LogP contribution in [0.15, 0.2) is 47.6 Å². The van der Waals surface area contributed by atoms with E-state index in [9.17, 15) is 8.42 Å². The van der Waals surface area contributed by atoms with Gasteiger partial charge < -0.3 is 5.73 Å². The molecule has 0 aliphatic rings. The summed E-state index contributed by atoms with van der Waals surface area (Å²) in [5.41, 5.74) is 6.39. The summed E-state index contributed by atoms with van der Waals surface area (Å²) in [5.74, 6) is 0. The highest BCUT2D eigenvalue weighted by atomic mass is 32.2. The van der Waals surface area contributed by atoms with Gasteiger partial charge in [-0.05, 0) is 30.7 Å². The summed E-state index contributed by atoms with van der Waals surface area (Å²) in [6, 6.07) is 8.09. The predicted octanol–water partition coefficient (Wildman–Crippen LogP) is 0.709. The Kier molecular flexibility index (Phi) is 4.53. The van der Waals surface area contributed by atoms with E-state index in [2.05, 4.69) is 9.82 Å². The van der Waals surface area contributed by atoms with E-state index in [1.54, 1.807) is 54.3 Å². The molecule has 6 nitrogen and oxygen atoms in total. The van der Waals surface area contributed by atoms with Crippen LogP contribution < -0.4 is 10.5 Å². The van der Waals surface area contributed by atoms with Crippen molar-refractivity contribution in [2.75, 3.05) is 0 Å². The van der Waals surface area contributed by atoms with Crippen molar-refractivity contribution in [1.82, 2.24) is 14.5 Å². The summed E-state index contributed by atoms with van der Waals surface area (Å²) in [7, 11) is -3.52. The molecule has 0 radical (unpaired) electrons. The highest BCUT2D eigenvalue weighted by Gasteiger charge is 2.17. The van der Waals surface area contributed by atoms with Crippen molar-refractivity contribution < 1.29 is 8.42 Å². The van der Waals surface area contributed by atoms with Crippen LogP contribution in [0.2, 0.25) is 0 Å². The zero-order valence-corrected chi connectivity index (χ0v) is 12.0. The molecule has 108 valence electrons. The topological polar surface area (TPSA) is 90.0 Å². The van der Waals surface area contributed by atoms with Gasteiger partial charge in [0.25, 0.3) is 0 Å². The molecule has 0 aliphatic carbocycles. The largest absolute Gasteiger partial charge is 0.326 e. The lowest BCUT2D eigenvalue weighted by atomic mass is 10.2. The molecule has 0 spiro atoms. The summed E-state index contributed by atoms with van der Waals surface area (Å²) in [6.45, 7) is 2.67. The molecular formula is C13H18N4O2S. The Labute approximate surface area is 118 Å². The molecule has 1 unspecified atom stereocenters. The average Bonchev–Trinajstić information content (AvgIpc) is 2.91. The molecule has 0 amide bonds. The maximum Gasteiger partial charge on any atom is 0.240 e. The Hall–Kier alpha value is -1.70. The maximum absolute atomic E-state index is 12.2. The lowest BCUT2D eigenvalue weighted by Gasteiger charge is -2.14. The molecule has 1 aromatic carbocycles. The van der Waals surface area contributed by atoms with Crippen LogP contribution in [0, 0.1) is 0 Å². The van der Waals surface area contributed by atoms with Crippen LogP contribution in [0.5, 0.6) is 0 Å². The number of nitrogens with two attached hydrogens (primary N) is 1. The standard InChI is InChI=1S/C13H18N4O2S/c1-11(10-17-8-2-7-15-17)16-20(18,19)13-5-3-12(9-14)4-6-13/h2-8,11,16H,9-10,14H2,1H3. The summed E-state index contributed by atoms with van der Waals surface area (Å²) < 4.78 is 28.7. The van der Waals surface area contributed by atoms with E-state index in [4.69, 9.17) is 5.73 Å². The molecule has 7 heteroatoms. The van der Waals surface area contributed by atoms with Crippen LogP contribution in [-0.4, -0.2) is 24.2 Å². The summed E-state index contributed by atoms with van der Waals surface area (Å²) >= 11 is 0. The second-order valence-electron chi connectivity index (χ2n) is 4.60. The number of nitrogens with one attached hydrogen (secondary N) is 1. The number of hydrogen-bond acceptors (Lipinski definition) is 4. The maximum atomic E-state index is 12.2. The first-order chi connectivity index (χ1) is 9.51. The zero-order valence-electron chi connectivity index (χ0n) is 11.2. The zero-order chi connectivity index (χ0) is 14.6. The normalized spacial score (nSPS) is 13.3. The Bertz CT molecular complexity index is 636. The highest BCUT2D eigenvalue weighted by molar-refractivity contribution is 7.89. The van der Waals surface area contributed by atoms with Gasteiger partial charge in [-0.15, -0.1) is 0 Å². The molecular weight excluding hydrogens is 276 g/mol. The Morgan fingerprint density at radius 3 is 2.60 bits per heavy atom. The minimum Gasteiger partial charge on any atom is -0.326 e. The van der Waals surface area contributed by atoms with Gasteiger partial charge >= 0.3 is 0 Å². The van der Waals surface area contributed by atoms with Crippen LogP contribution in [0.1, 0.15) is 12.5 Å². The molecule has 0 fully saturated rings. The smallest absolute Gasteiger partial charge is 0.240 e. The van der Waals surface area contributed by atoms with E-state index >= 15 is 0 Å². The lowest BCUT2D eigenvalue weighted by molar-refractivity contribution is 0.494. The first-order valence-electron chi connectivity index (χ1n) is 6.30. The molecule has 1 heterocycles. The fourth-order valence-corrected chi connectivity index (χ4v) is 3.10. The van der Waals surface area contributed by atoms with Gasteiger partial charge in [-0.3, -0.25) is 4.68 Å². The van der Waals surface area contributed by atoms with E-state index < -0.39 is 10.0 Å². The van der Waals surface area contributed by atoms with Crippen LogP contribution in [0.3, 0.4) is 0 Å². The van der Waals surface area contributed by atoms with E-state index in [1.807, 2.05) is 0 Å². The third-order valence-electron chi connectivity index (χ3n) is 2.85. The van der Waals surface area contributed by atoms with Crippen molar-refractivity contribution in [3.8, 4) is 0 Å². The van der Waals surface area contributed by atoms with Crippen LogP contribution in [0.4, 0.5) is 0 Å². The third kappa shape index (κ3) is 3.66. The van der Waals surface area contributed by atoms with Crippen LogP contribution in [0.25, 0.3) is 0 Å². The second-order valence-corrected chi connectivity index (χ2v) is 6.31. The summed E-state index contributed by atoms with van der Waals surface area (Å²) in [4.78, 5) is 0.238. The minimum atomic E-state index is -3.52. The van der Waals surface area contributed by atoms with Gasteiger partial charge in [0.05, 0.1) is 11.4 Å². The Morgan fingerprint density at radius 2 is 2.05 bits per heavy atom.